The van der Waals surface area contributed by atoms with Gasteiger partial charge >= 0.3 is 5.97 Å². The predicted octanol–water partition coefficient (Wildman–Crippen LogP) is 5.27. The van der Waals surface area contributed by atoms with Gasteiger partial charge in [0.15, 0.2) is 6.29 Å². The number of carbonyl (C=O) groups excluding carboxylic acids is 1. The highest BCUT2D eigenvalue weighted by molar-refractivity contribution is 5.87. The molecule has 0 atom stereocenters. The molecule has 0 aliphatic heterocycles. The zero-order valence-electron chi connectivity index (χ0n) is 20.1. The number of aliphatic hydroxyl groups excluding tert-OH is 1. The number of aromatic nitrogens is 1. The van der Waals surface area contributed by atoms with Crippen LogP contribution in [0.1, 0.15) is 46.1 Å². The lowest BCUT2D eigenvalue weighted by Crippen LogP contribution is -2.31. The summed E-state index contributed by atoms with van der Waals surface area (Å²) in [6.07, 6.45) is 2.27. The van der Waals surface area contributed by atoms with Gasteiger partial charge in [-0.05, 0) is 34.7 Å². The van der Waals surface area contributed by atoms with Crippen molar-refractivity contribution in [1.29, 1.82) is 0 Å². The summed E-state index contributed by atoms with van der Waals surface area (Å²) in [6, 6.07) is 34.3. The number of pyridine rings is 1. The van der Waals surface area contributed by atoms with E-state index in [1.165, 1.54) is 0 Å². The van der Waals surface area contributed by atoms with E-state index in [1.807, 2.05) is 67.6 Å². The van der Waals surface area contributed by atoms with Crippen LogP contribution >= 0.6 is 0 Å². The number of ether oxygens (including phenoxy) is 1. The second-order valence-corrected chi connectivity index (χ2v) is 8.42. The average molecular weight is 480 g/mol. The monoisotopic (exact) mass is 479 g/mol. The number of hydrogen-bond acceptors (Lipinski definition) is 5. The number of aliphatic hydroxyl groups is 2. The molecule has 4 rings (SSSR count). The van der Waals surface area contributed by atoms with Gasteiger partial charge in [-0.3, -0.25) is 0 Å². The molecule has 5 nitrogen and oxygen atoms in total. The van der Waals surface area contributed by atoms with E-state index in [-0.39, 0.29) is 17.9 Å². The van der Waals surface area contributed by atoms with E-state index < -0.39 is 17.7 Å². The minimum absolute atomic E-state index is 0.144. The van der Waals surface area contributed by atoms with Gasteiger partial charge in [-0.15, -0.1) is 0 Å². The summed E-state index contributed by atoms with van der Waals surface area (Å²) in [5, 5.41) is 18.9. The van der Waals surface area contributed by atoms with Crippen LogP contribution in [-0.2, 0) is 10.2 Å². The summed E-state index contributed by atoms with van der Waals surface area (Å²) in [7, 11) is 0. The molecule has 0 saturated heterocycles. The van der Waals surface area contributed by atoms with Crippen molar-refractivity contribution < 1.29 is 19.7 Å². The standard InChI is InChI=1S/C31H29NO4/c1-2-12-23(29(33)34)22-36-30(35)28-20-19-27(21-32-28)31(24-13-6-3-7-14-24,25-15-8-4-9-16-25)26-17-10-5-11-18-26/h3-21,29,33-34H,2,22H2,1H3. The summed E-state index contributed by atoms with van der Waals surface area (Å²) in [4.78, 5) is 17.1. The van der Waals surface area contributed by atoms with Crippen molar-refractivity contribution >= 4 is 5.97 Å². The average Bonchev–Trinajstić information content (AvgIpc) is 2.93. The largest absolute Gasteiger partial charge is 0.456 e. The second kappa shape index (κ2) is 11.6. The molecule has 4 aromatic rings. The van der Waals surface area contributed by atoms with Gasteiger partial charge in [0.25, 0.3) is 0 Å². The maximum atomic E-state index is 12.7. The van der Waals surface area contributed by atoms with Gasteiger partial charge in [0, 0.05) is 11.8 Å². The quantitative estimate of drug-likeness (QED) is 0.148. The van der Waals surface area contributed by atoms with E-state index in [0.29, 0.717) is 6.42 Å². The molecule has 0 amide bonds. The number of rotatable bonds is 9. The molecule has 0 radical (unpaired) electrons. The minimum atomic E-state index is -1.67. The Labute approximate surface area is 211 Å². The Kier molecular flexibility index (Phi) is 8.06. The molecule has 0 unspecified atom stereocenters. The summed E-state index contributed by atoms with van der Waals surface area (Å²) in [6.45, 7) is 1.65. The van der Waals surface area contributed by atoms with E-state index in [9.17, 15) is 15.0 Å². The molecule has 0 fully saturated rings. The predicted molar refractivity (Wildman–Crippen MR) is 139 cm³/mol. The third-order valence-corrected chi connectivity index (χ3v) is 6.19. The van der Waals surface area contributed by atoms with Gasteiger partial charge < -0.3 is 14.9 Å². The molecule has 3 aromatic carbocycles. The molecule has 1 heterocycles. The lowest BCUT2D eigenvalue weighted by molar-refractivity contribution is -0.0178. The van der Waals surface area contributed by atoms with Crippen LogP contribution in [0.15, 0.2) is 121 Å². The highest BCUT2D eigenvalue weighted by atomic mass is 16.5. The first-order chi connectivity index (χ1) is 17.6. The Bertz CT molecular complexity index is 1190. The first-order valence-corrected chi connectivity index (χ1v) is 11.9. The zero-order valence-corrected chi connectivity index (χ0v) is 20.1. The van der Waals surface area contributed by atoms with Gasteiger partial charge in [0.05, 0.1) is 5.41 Å². The van der Waals surface area contributed by atoms with E-state index >= 15 is 0 Å². The van der Waals surface area contributed by atoms with E-state index in [4.69, 9.17) is 4.74 Å². The number of allylic oxidation sites excluding steroid dienone is 1. The Hall–Kier alpha value is -4.06. The van der Waals surface area contributed by atoms with Crippen molar-refractivity contribution in [2.24, 2.45) is 0 Å². The van der Waals surface area contributed by atoms with Gasteiger partial charge in [-0.1, -0.05) is 110 Å². The maximum Gasteiger partial charge on any atom is 0.357 e. The topological polar surface area (TPSA) is 79.7 Å². The van der Waals surface area contributed by atoms with Crippen LogP contribution in [0.2, 0.25) is 0 Å². The number of nitrogens with zero attached hydrogens (tertiary/aromatic N) is 1. The summed E-state index contributed by atoms with van der Waals surface area (Å²) >= 11 is 0. The van der Waals surface area contributed by atoms with Crippen molar-refractivity contribution in [3.63, 3.8) is 0 Å². The molecule has 0 spiro atoms. The van der Waals surface area contributed by atoms with Crippen LogP contribution in [0.3, 0.4) is 0 Å². The van der Waals surface area contributed by atoms with Crippen LogP contribution in [0, 0.1) is 0 Å². The highest BCUT2D eigenvalue weighted by Gasteiger charge is 2.38. The Morgan fingerprint density at radius 2 is 1.31 bits per heavy atom. The van der Waals surface area contributed by atoms with Gasteiger partial charge in [0.2, 0.25) is 0 Å². The van der Waals surface area contributed by atoms with Crippen molar-refractivity contribution in [2.75, 3.05) is 6.61 Å². The lowest BCUT2D eigenvalue weighted by atomic mass is 9.65. The van der Waals surface area contributed by atoms with Crippen LogP contribution in [0.5, 0.6) is 0 Å². The summed E-state index contributed by atoms with van der Waals surface area (Å²) in [5.41, 5.74) is 3.85. The van der Waals surface area contributed by atoms with Crippen molar-refractivity contribution in [3.05, 3.63) is 149 Å². The second-order valence-electron chi connectivity index (χ2n) is 8.42. The Balaban J connectivity index is 1.78. The summed E-state index contributed by atoms with van der Waals surface area (Å²) in [5.74, 6) is -0.631. The number of esters is 1. The molecule has 182 valence electrons. The molecule has 0 bridgehead atoms. The third-order valence-electron chi connectivity index (χ3n) is 6.19. The molecule has 36 heavy (non-hydrogen) atoms. The highest BCUT2D eigenvalue weighted by Crippen LogP contribution is 2.44. The molecule has 0 aliphatic rings. The van der Waals surface area contributed by atoms with Gasteiger partial charge in [-0.25, -0.2) is 9.78 Å². The normalized spacial score (nSPS) is 11.9. The fourth-order valence-corrected chi connectivity index (χ4v) is 4.52. The number of benzene rings is 3. The van der Waals surface area contributed by atoms with E-state index in [0.717, 1.165) is 22.3 Å². The number of carbonyl (C=O) groups is 1. The van der Waals surface area contributed by atoms with E-state index in [1.54, 1.807) is 18.3 Å². The summed E-state index contributed by atoms with van der Waals surface area (Å²) < 4.78 is 5.29. The first-order valence-electron chi connectivity index (χ1n) is 11.9. The molecule has 2 N–H and O–H groups in total. The van der Waals surface area contributed by atoms with Crippen LogP contribution in [0.4, 0.5) is 0 Å². The van der Waals surface area contributed by atoms with Crippen molar-refractivity contribution in [1.82, 2.24) is 4.98 Å². The molecule has 0 aliphatic carbocycles. The molecule has 1 aromatic heterocycles. The van der Waals surface area contributed by atoms with E-state index in [2.05, 4.69) is 41.4 Å². The van der Waals surface area contributed by atoms with Gasteiger partial charge in [0.1, 0.15) is 12.3 Å². The first kappa shape index (κ1) is 25.0. The third kappa shape index (κ3) is 5.13. The minimum Gasteiger partial charge on any atom is -0.456 e. The molecular weight excluding hydrogens is 450 g/mol. The van der Waals surface area contributed by atoms with Crippen LogP contribution in [0.25, 0.3) is 0 Å². The fourth-order valence-electron chi connectivity index (χ4n) is 4.52. The SMILES string of the molecule is CCC=C(COC(=O)c1ccc(C(c2ccccc2)(c2ccccc2)c2ccccc2)cn1)C(O)O. The lowest BCUT2D eigenvalue weighted by Gasteiger charge is -2.36. The zero-order chi connectivity index (χ0) is 25.4. The molecule has 5 heteroatoms. The van der Waals surface area contributed by atoms with Gasteiger partial charge in [-0.2, -0.15) is 0 Å². The van der Waals surface area contributed by atoms with Crippen molar-refractivity contribution in [3.8, 4) is 0 Å². The fraction of sp³-hybridized carbons (Fsp3) is 0.161. The maximum absolute atomic E-state index is 12.7. The smallest absolute Gasteiger partial charge is 0.357 e. The Morgan fingerprint density at radius 1 is 0.806 bits per heavy atom. The van der Waals surface area contributed by atoms with Crippen molar-refractivity contribution in [2.45, 2.75) is 25.0 Å². The molecular formula is C31H29NO4. The number of hydrogen-bond donors (Lipinski definition) is 2. The molecule has 0 saturated carbocycles. The Morgan fingerprint density at radius 3 is 1.69 bits per heavy atom. The van der Waals surface area contributed by atoms with Crippen LogP contribution < -0.4 is 0 Å². The van der Waals surface area contributed by atoms with Crippen LogP contribution in [-0.4, -0.2) is 34.1 Å².